The number of hydrogen-bond donors (Lipinski definition) is 1. The van der Waals surface area contributed by atoms with Crippen molar-refractivity contribution in [2.45, 2.75) is 26.3 Å². The second kappa shape index (κ2) is 4.36. The molecule has 2 rings (SSSR count). The van der Waals surface area contributed by atoms with Gasteiger partial charge in [-0.3, -0.25) is 4.68 Å². The number of aromatic nitrogens is 4. The minimum Gasteiger partial charge on any atom is -0.476 e. The van der Waals surface area contributed by atoms with E-state index in [0.29, 0.717) is 18.3 Å². The molecule has 0 aliphatic carbocycles. The van der Waals surface area contributed by atoms with Crippen LogP contribution in [0.15, 0.2) is 16.8 Å². The van der Waals surface area contributed by atoms with Crippen molar-refractivity contribution >= 4 is 5.97 Å². The van der Waals surface area contributed by atoms with Crippen molar-refractivity contribution in [3.05, 3.63) is 29.7 Å². The molecule has 2 aromatic rings. The highest BCUT2D eigenvalue weighted by Crippen LogP contribution is 2.11. The molecule has 7 nitrogen and oxygen atoms in total. The van der Waals surface area contributed by atoms with Gasteiger partial charge in [-0.25, -0.2) is 4.79 Å². The van der Waals surface area contributed by atoms with Crippen LogP contribution in [0.25, 0.3) is 0 Å². The summed E-state index contributed by atoms with van der Waals surface area (Å²) < 4.78 is 6.49. The molecule has 0 aromatic carbocycles. The quantitative estimate of drug-likeness (QED) is 0.855. The largest absolute Gasteiger partial charge is 0.476 e. The summed E-state index contributed by atoms with van der Waals surface area (Å²) in [4.78, 5) is 14.8. The van der Waals surface area contributed by atoms with E-state index in [2.05, 4.69) is 15.2 Å². The first-order valence-electron chi connectivity index (χ1n) is 5.15. The number of carbonyl (C=O) groups is 1. The van der Waals surface area contributed by atoms with Crippen LogP contribution in [0.4, 0.5) is 0 Å². The van der Waals surface area contributed by atoms with Crippen LogP contribution >= 0.6 is 0 Å². The Morgan fingerprint density at radius 3 is 2.88 bits per heavy atom. The van der Waals surface area contributed by atoms with Crippen molar-refractivity contribution < 1.29 is 14.4 Å². The van der Waals surface area contributed by atoms with Gasteiger partial charge in [-0.2, -0.15) is 10.1 Å². The summed E-state index contributed by atoms with van der Waals surface area (Å²) in [5.74, 6) is 0.155. The van der Waals surface area contributed by atoms with Gasteiger partial charge in [-0.05, 0) is 6.07 Å². The molecule has 1 N–H and O–H groups in total. The fourth-order valence-electron chi connectivity index (χ4n) is 1.27. The molecule has 0 saturated carbocycles. The molecule has 90 valence electrons. The van der Waals surface area contributed by atoms with Gasteiger partial charge in [-0.1, -0.05) is 19.0 Å². The average molecular weight is 236 g/mol. The lowest BCUT2D eigenvalue weighted by molar-refractivity contribution is 0.0689. The normalized spacial score (nSPS) is 11.0. The first kappa shape index (κ1) is 11.3. The van der Waals surface area contributed by atoms with Crippen molar-refractivity contribution in [3.8, 4) is 0 Å². The summed E-state index contributed by atoms with van der Waals surface area (Å²) in [6.45, 7) is 4.20. The Balaban J connectivity index is 2.11. The molecular formula is C10H12N4O3. The van der Waals surface area contributed by atoms with E-state index in [1.165, 1.54) is 10.7 Å². The van der Waals surface area contributed by atoms with Crippen LogP contribution in [-0.4, -0.2) is 31.0 Å². The Hall–Kier alpha value is -2.18. The number of nitrogens with zero attached hydrogens (tertiary/aromatic N) is 4. The van der Waals surface area contributed by atoms with Gasteiger partial charge >= 0.3 is 5.97 Å². The molecule has 0 saturated heterocycles. The maximum absolute atomic E-state index is 10.6. The van der Waals surface area contributed by atoms with E-state index in [0.717, 1.165) is 0 Å². The third kappa shape index (κ3) is 2.49. The van der Waals surface area contributed by atoms with Gasteiger partial charge in [-0.15, -0.1) is 0 Å². The van der Waals surface area contributed by atoms with Gasteiger partial charge in [0.2, 0.25) is 5.89 Å². The third-order valence-electron chi connectivity index (χ3n) is 2.14. The van der Waals surface area contributed by atoms with E-state index in [9.17, 15) is 4.79 Å². The highest BCUT2D eigenvalue weighted by Gasteiger charge is 2.12. The fourth-order valence-corrected chi connectivity index (χ4v) is 1.27. The van der Waals surface area contributed by atoms with Gasteiger partial charge in [0.15, 0.2) is 11.5 Å². The monoisotopic (exact) mass is 236 g/mol. The molecule has 7 heteroatoms. The molecular weight excluding hydrogens is 224 g/mol. The Kier molecular flexibility index (Phi) is 2.90. The van der Waals surface area contributed by atoms with Gasteiger partial charge in [0, 0.05) is 12.1 Å². The van der Waals surface area contributed by atoms with E-state index in [1.54, 1.807) is 6.20 Å². The summed E-state index contributed by atoms with van der Waals surface area (Å²) >= 11 is 0. The highest BCUT2D eigenvalue weighted by atomic mass is 16.5. The summed E-state index contributed by atoms with van der Waals surface area (Å²) in [6, 6.07) is 1.42. The zero-order valence-electron chi connectivity index (χ0n) is 9.49. The van der Waals surface area contributed by atoms with Crippen molar-refractivity contribution in [2.75, 3.05) is 0 Å². The molecule has 0 aliphatic heterocycles. The molecule has 0 fully saturated rings. The second-order valence-corrected chi connectivity index (χ2v) is 3.91. The highest BCUT2D eigenvalue weighted by molar-refractivity contribution is 5.84. The zero-order valence-corrected chi connectivity index (χ0v) is 9.49. The Bertz CT molecular complexity index is 529. The molecule has 17 heavy (non-hydrogen) atoms. The Labute approximate surface area is 97.1 Å². The van der Waals surface area contributed by atoms with Gasteiger partial charge in [0.25, 0.3) is 0 Å². The van der Waals surface area contributed by atoms with Gasteiger partial charge in [0.05, 0.1) is 0 Å². The SMILES string of the molecule is CC(C)c1nc(Cn2ccc(C(=O)O)n2)no1. The van der Waals surface area contributed by atoms with Crippen molar-refractivity contribution in [1.29, 1.82) is 0 Å². The maximum Gasteiger partial charge on any atom is 0.356 e. The molecule has 0 radical (unpaired) electrons. The number of aromatic carboxylic acids is 1. The van der Waals surface area contributed by atoms with Crippen LogP contribution in [0.2, 0.25) is 0 Å². The number of carboxylic acids is 1. The maximum atomic E-state index is 10.6. The van der Waals surface area contributed by atoms with Crippen molar-refractivity contribution in [3.63, 3.8) is 0 Å². The van der Waals surface area contributed by atoms with Crippen LogP contribution in [0.1, 0.15) is 42.0 Å². The number of hydrogen-bond acceptors (Lipinski definition) is 5. The Morgan fingerprint density at radius 1 is 1.59 bits per heavy atom. The van der Waals surface area contributed by atoms with Crippen molar-refractivity contribution in [2.24, 2.45) is 0 Å². The van der Waals surface area contributed by atoms with E-state index >= 15 is 0 Å². The van der Waals surface area contributed by atoms with Crippen molar-refractivity contribution in [1.82, 2.24) is 19.9 Å². The van der Waals surface area contributed by atoms with Gasteiger partial charge in [0.1, 0.15) is 6.54 Å². The molecule has 2 aromatic heterocycles. The van der Waals surface area contributed by atoms with Crippen LogP contribution in [0.5, 0.6) is 0 Å². The molecule has 0 amide bonds. The van der Waals surface area contributed by atoms with E-state index in [-0.39, 0.29) is 11.6 Å². The summed E-state index contributed by atoms with van der Waals surface area (Å²) in [5, 5.41) is 16.4. The van der Waals surface area contributed by atoms with Crippen LogP contribution in [-0.2, 0) is 6.54 Å². The molecule has 0 bridgehead atoms. The summed E-state index contributed by atoms with van der Waals surface area (Å²) in [6.07, 6.45) is 1.56. The van der Waals surface area contributed by atoms with E-state index in [1.807, 2.05) is 13.8 Å². The fraction of sp³-hybridized carbons (Fsp3) is 0.400. The smallest absolute Gasteiger partial charge is 0.356 e. The molecule has 2 heterocycles. The minimum atomic E-state index is -1.06. The standard InChI is InChI=1S/C10H12N4O3/c1-6(2)9-11-8(13-17-9)5-14-4-3-7(12-14)10(15)16/h3-4,6H,5H2,1-2H3,(H,15,16). The molecule has 0 unspecified atom stereocenters. The van der Waals surface area contributed by atoms with Crippen LogP contribution < -0.4 is 0 Å². The van der Waals surface area contributed by atoms with E-state index < -0.39 is 5.97 Å². The lowest BCUT2D eigenvalue weighted by atomic mass is 10.2. The number of carboxylic acid groups (broad SMARTS) is 1. The van der Waals surface area contributed by atoms with Crippen LogP contribution in [0.3, 0.4) is 0 Å². The lowest BCUT2D eigenvalue weighted by Crippen LogP contribution is -2.05. The predicted molar refractivity (Wildman–Crippen MR) is 56.7 cm³/mol. The number of rotatable bonds is 4. The Morgan fingerprint density at radius 2 is 2.35 bits per heavy atom. The first-order chi connectivity index (χ1) is 8.06. The summed E-state index contributed by atoms with van der Waals surface area (Å²) in [7, 11) is 0. The summed E-state index contributed by atoms with van der Waals surface area (Å²) in [5.41, 5.74) is -0.00224. The zero-order chi connectivity index (χ0) is 12.4. The third-order valence-corrected chi connectivity index (χ3v) is 2.14. The second-order valence-electron chi connectivity index (χ2n) is 3.91. The molecule has 0 atom stereocenters. The molecule has 0 spiro atoms. The lowest BCUT2D eigenvalue weighted by Gasteiger charge is -1.95. The van der Waals surface area contributed by atoms with Crippen LogP contribution in [0, 0.1) is 0 Å². The van der Waals surface area contributed by atoms with Gasteiger partial charge < -0.3 is 9.63 Å². The minimum absolute atomic E-state index is 0.00224. The molecule has 0 aliphatic rings. The first-order valence-corrected chi connectivity index (χ1v) is 5.15. The average Bonchev–Trinajstić information content (AvgIpc) is 2.87. The predicted octanol–water partition coefficient (Wildman–Crippen LogP) is 1.14. The van der Waals surface area contributed by atoms with E-state index in [4.69, 9.17) is 9.63 Å². The topological polar surface area (TPSA) is 94.0 Å².